The van der Waals surface area contributed by atoms with Crippen LogP contribution in [-0.2, 0) is 10.7 Å². The Morgan fingerprint density at radius 3 is 2.18 bits per heavy atom. The largest absolute Gasteiger partial charge is 0.508 e. The zero-order valence-electron chi connectivity index (χ0n) is 9.15. The number of rotatable bonds is 3. The molecular formula is C13H13O3P. The quantitative estimate of drug-likeness (QED) is 0.820. The zero-order valence-corrected chi connectivity index (χ0v) is 10.0. The van der Waals surface area contributed by atoms with E-state index in [0.717, 1.165) is 0 Å². The van der Waals surface area contributed by atoms with Gasteiger partial charge in [-0.3, -0.25) is 4.57 Å². The van der Waals surface area contributed by atoms with Crippen LogP contribution >= 0.6 is 7.37 Å². The molecule has 0 aliphatic heterocycles. The van der Waals surface area contributed by atoms with Crippen molar-refractivity contribution in [3.63, 3.8) is 0 Å². The molecule has 0 heterocycles. The molecule has 0 amide bonds. The minimum Gasteiger partial charge on any atom is -0.508 e. The molecule has 0 fully saturated rings. The van der Waals surface area contributed by atoms with Crippen molar-refractivity contribution >= 4 is 12.7 Å². The van der Waals surface area contributed by atoms with E-state index in [1.54, 1.807) is 48.5 Å². The van der Waals surface area contributed by atoms with Crippen LogP contribution in [0.3, 0.4) is 0 Å². The van der Waals surface area contributed by atoms with Gasteiger partial charge in [0.2, 0.25) is 7.37 Å². The van der Waals surface area contributed by atoms with E-state index in [4.69, 9.17) is 0 Å². The van der Waals surface area contributed by atoms with Gasteiger partial charge in [0.15, 0.2) is 0 Å². The van der Waals surface area contributed by atoms with Crippen molar-refractivity contribution < 1.29 is 14.6 Å². The van der Waals surface area contributed by atoms with E-state index in [1.165, 1.54) is 6.07 Å². The van der Waals surface area contributed by atoms with Crippen molar-refractivity contribution in [2.45, 2.75) is 6.16 Å². The molecule has 0 spiro atoms. The first-order valence-electron chi connectivity index (χ1n) is 5.24. The summed E-state index contributed by atoms with van der Waals surface area (Å²) in [6.45, 7) is 0. The maximum atomic E-state index is 12.2. The smallest absolute Gasteiger partial charge is 0.234 e. The Morgan fingerprint density at radius 2 is 1.53 bits per heavy atom. The van der Waals surface area contributed by atoms with E-state index < -0.39 is 7.37 Å². The zero-order chi connectivity index (χ0) is 12.3. The standard InChI is InChI=1S/C13H13O3P/c14-13-9-5-4-6-11(13)10-17(15,16)12-7-2-1-3-8-12/h1-9,14H,10H2,(H,15,16). The van der Waals surface area contributed by atoms with Crippen LogP contribution in [0.1, 0.15) is 5.56 Å². The Bertz CT molecular complexity index is 552. The Kier molecular flexibility index (Phi) is 3.32. The Morgan fingerprint density at radius 1 is 0.941 bits per heavy atom. The lowest BCUT2D eigenvalue weighted by Crippen LogP contribution is -2.05. The normalized spacial score (nSPS) is 14.2. The Balaban J connectivity index is 2.30. The lowest BCUT2D eigenvalue weighted by atomic mass is 10.2. The molecule has 2 N–H and O–H groups in total. The summed E-state index contributed by atoms with van der Waals surface area (Å²) in [5.74, 6) is 0.0534. The van der Waals surface area contributed by atoms with Gasteiger partial charge in [-0.25, -0.2) is 0 Å². The number of phenolic OH excluding ortho intramolecular Hbond substituents is 1. The predicted octanol–water partition coefficient (Wildman–Crippen LogP) is 2.49. The summed E-state index contributed by atoms with van der Waals surface area (Å²) in [5.41, 5.74) is 0.488. The van der Waals surface area contributed by atoms with Crippen LogP contribution in [0.25, 0.3) is 0 Å². The summed E-state index contributed by atoms with van der Waals surface area (Å²) in [5, 5.41) is 9.99. The molecule has 4 heteroatoms. The molecule has 2 rings (SSSR count). The highest BCUT2D eigenvalue weighted by molar-refractivity contribution is 7.65. The molecule has 1 unspecified atom stereocenters. The molecule has 17 heavy (non-hydrogen) atoms. The SMILES string of the molecule is O=P(O)(Cc1ccccc1O)c1ccccc1. The second-order valence-corrected chi connectivity index (χ2v) is 6.06. The van der Waals surface area contributed by atoms with Gasteiger partial charge in [0.25, 0.3) is 0 Å². The topological polar surface area (TPSA) is 57.5 Å². The fourth-order valence-corrected chi connectivity index (χ4v) is 3.18. The number of aromatic hydroxyl groups is 1. The van der Waals surface area contributed by atoms with Crippen LogP contribution in [0.5, 0.6) is 5.75 Å². The van der Waals surface area contributed by atoms with Crippen LogP contribution in [0.4, 0.5) is 0 Å². The van der Waals surface area contributed by atoms with Gasteiger partial charge < -0.3 is 10.00 Å². The highest BCUT2D eigenvalue weighted by atomic mass is 31.2. The van der Waals surface area contributed by atoms with Gasteiger partial charge in [0, 0.05) is 10.9 Å². The fraction of sp³-hybridized carbons (Fsp3) is 0.0769. The van der Waals surface area contributed by atoms with Crippen molar-refractivity contribution in [1.29, 1.82) is 0 Å². The second-order valence-electron chi connectivity index (χ2n) is 3.82. The molecule has 0 aliphatic carbocycles. The second kappa shape index (κ2) is 4.74. The number of hydrogen-bond acceptors (Lipinski definition) is 2. The van der Waals surface area contributed by atoms with E-state index in [9.17, 15) is 14.6 Å². The van der Waals surface area contributed by atoms with Crippen LogP contribution in [0.15, 0.2) is 54.6 Å². The van der Waals surface area contributed by atoms with Crippen LogP contribution in [0.2, 0.25) is 0 Å². The molecular weight excluding hydrogens is 235 g/mol. The predicted molar refractivity (Wildman–Crippen MR) is 67.7 cm³/mol. The van der Waals surface area contributed by atoms with Crippen molar-refractivity contribution in [2.24, 2.45) is 0 Å². The van der Waals surface area contributed by atoms with Crippen LogP contribution in [0, 0.1) is 0 Å². The molecule has 2 aromatic carbocycles. The van der Waals surface area contributed by atoms with Gasteiger partial charge in [0.05, 0.1) is 6.16 Å². The van der Waals surface area contributed by atoms with Crippen molar-refractivity contribution in [3.8, 4) is 5.75 Å². The van der Waals surface area contributed by atoms with Gasteiger partial charge >= 0.3 is 0 Å². The third-order valence-electron chi connectivity index (χ3n) is 2.54. The maximum absolute atomic E-state index is 12.2. The third-order valence-corrected chi connectivity index (χ3v) is 4.41. The summed E-state index contributed by atoms with van der Waals surface area (Å²) < 4.78 is 12.2. The number of phenols is 1. The molecule has 0 saturated heterocycles. The molecule has 2 aromatic rings. The molecule has 1 atom stereocenters. The van der Waals surface area contributed by atoms with Crippen molar-refractivity contribution in [3.05, 3.63) is 60.2 Å². The molecule has 88 valence electrons. The monoisotopic (exact) mass is 248 g/mol. The molecule has 0 saturated carbocycles. The van der Waals surface area contributed by atoms with E-state index in [1.807, 2.05) is 0 Å². The summed E-state index contributed by atoms with van der Waals surface area (Å²) in [6, 6.07) is 15.1. The molecule has 0 radical (unpaired) electrons. The first-order chi connectivity index (χ1) is 8.09. The van der Waals surface area contributed by atoms with Gasteiger partial charge in [0.1, 0.15) is 5.75 Å². The van der Waals surface area contributed by atoms with E-state index in [-0.39, 0.29) is 11.9 Å². The minimum atomic E-state index is -3.45. The highest BCUT2D eigenvalue weighted by Gasteiger charge is 2.22. The minimum absolute atomic E-state index is 0.0519. The average Bonchev–Trinajstić information content (AvgIpc) is 2.33. The van der Waals surface area contributed by atoms with Gasteiger partial charge in [-0.15, -0.1) is 0 Å². The molecule has 0 bridgehead atoms. The summed E-state index contributed by atoms with van der Waals surface area (Å²) in [6.07, 6.45) is -0.0519. The van der Waals surface area contributed by atoms with Crippen molar-refractivity contribution in [2.75, 3.05) is 0 Å². The first kappa shape index (κ1) is 11.9. The molecule has 3 nitrogen and oxygen atoms in total. The number of hydrogen-bond donors (Lipinski definition) is 2. The van der Waals surface area contributed by atoms with E-state index >= 15 is 0 Å². The van der Waals surface area contributed by atoms with Gasteiger partial charge in [-0.2, -0.15) is 0 Å². The van der Waals surface area contributed by atoms with Crippen LogP contribution < -0.4 is 5.30 Å². The number of benzene rings is 2. The van der Waals surface area contributed by atoms with Gasteiger partial charge in [-0.05, 0) is 18.2 Å². The van der Waals surface area contributed by atoms with E-state index in [2.05, 4.69) is 0 Å². The summed E-state index contributed by atoms with van der Waals surface area (Å²) in [4.78, 5) is 10.0. The number of para-hydroxylation sites is 1. The molecule has 0 aromatic heterocycles. The first-order valence-corrected chi connectivity index (χ1v) is 7.08. The Labute approximate surface area is 99.8 Å². The van der Waals surface area contributed by atoms with Crippen molar-refractivity contribution in [1.82, 2.24) is 0 Å². The third kappa shape index (κ3) is 2.76. The lowest BCUT2D eigenvalue weighted by molar-refractivity contribution is 0.464. The summed E-state index contributed by atoms with van der Waals surface area (Å²) in [7, 11) is -3.45. The van der Waals surface area contributed by atoms with E-state index in [0.29, 0.717) is 10.9 Å². The molecule has 0 aliphatic rings. The maximum Gasteiger partial charge on any atom is 0.234 e. The summed E-state index contributed by atoms with van der Waals surface area (Å²) >= 11 is 0. The van der Waals surface area contributed by atoms with Gasteiger partial charge in [-0.1, -0.05) is 36.4 Å². The average molecular weight is 248 g/mol. The lowest BCUT2D eigenvalue weighted by Gasteiger charge is -2.12. The Hall–Kier alpha value is -1.57. The highest BCUT2D eigenvalue weighted by Crippen LogP contribution is 2.44. The fourth-order valence-electron chi connectivity index (χ4n) is 1.63. The van der Waals surface area contributed by atoms with Crippen LogP contribution in [-0.4, -0.2) is 10.00 Å².